The van der Waals surface area contributed by atoms with Crippen LogP contribution in [0, 0.1) is 0 Å². The first-order valence-electron chi connectivity index (χ1n) is 3.19. The molecule has 0 aliphatic carbocycles. The molecule has 0 aromatic carbocycles. The van der Waals surface area contributed by atoms with Gasteiger partial charge in [0, 0.05) is 13.3 Å². The predicted octanol–water partition coefficient (Wildman–Crippen LogP) is 0.317. The average molecular weight is 140 g/mol. The summed E-state index contributed by atoms with van der Waals surface area (Å²) in [5.74, 6) is 0. The molecule has 1 aliphatic rings. The molecule has 1 aliphatic heterocycles. The highest BCUT2D eigenvalue weighted by atomic mass is 16.5. The van der Waals surface area contributed by atoms with Crippen molar-refractivity contribution in [3.05, 3.63) is 12.2 Å². The van der Waals surface area contributed by atoms with Gasteiger partial charge in [-0.25, -0.2) is 0 Å². The van der Waals surface area contributed by atoms with Crippen LogP contribution in [0.3, 0.4) is 0 Å². The molecule has 10 heavy (non-hydrogen) atoms. The molecule has 0 bridgehead atoms. The Labute approximate surface area is 60.6 Å². The Morgan fingerprint density at radius 2 is 2.40 bits per heavy atom. The van der Waals surface area contributed by atoms with Crippen molar-refractivity contribution >= 4 is 6.21 Å². The third-order valence-electron chi connectivity index (χ3n) is 1.52. The second-order valence-corrected chi connectivity index (χ2v) is 2.61. The van der Waals surface area contributed by atoms with Crippen molar-refractivity contribution in [3.63, 3.8) is 0 Å². The Balaban J connectivity index is 2.74. The number of dihydropyridines is 1. The van der Waals surface area contributed by atoms with Gasteiger partial charge in [0.05, 0.1) is 5.54 Å². The molecule has 0 fully saturated rings. The zero-order valence-electron chi connectivity index (χ0n) is 6.24. The van der Waals surface area contributed by atoms with E-state index in [1.54, 1.807) is 13.3 Å². The van der Waals surface area contributed by atoms with E-state index in [2.05, 4.69) is 4.99 Å². The van der Waals surface area contributed by atoms with E-state index in [1.165, 1.54) is 0 Å². The molecular formula is C7H12N2O. The molecule has 3 heteroatoms. The molecule has 2 unspecified atom stereocenters. The zero-order valence-corrected chi connectivity index (χ0v) is 6.24. The van der Waals surface area contributed by atoms with Gasteiger partial charge in [0.15, 0.2) is 6.23 Å². The van der Waals surface area contributed by atoms with Crippen LogP contribution in [0.1, 0.15) is 6.92 Å². The monoisotopic (exact) mass is 140 g/mol. The lowest BCUT2D eigenvalue weighted by Crippen LogP contribution is -2.47. The molecular weight excluding hydrogens is 128 g/mol. The number of aliphatic imine (C=N–C) groups is 1. The highest BCUT2D eigenvalue weighted by Gasteiger charge is 2.27. The Bertz CT molecular complexity index is 172. The molecule has 0 aromatic heterocycles. The van der Waals surface area contributed by atoms with Gasteiger partial charge in [0.2, 0.25) is 0 Å². The topological polar surface area (TPSA) is 47.6 Å². The average Bonchev–Trinajstić information content (AvgIpc) is 1.87. The van der Waals surface area contributed by atoms with Gasteiger partial charge < -0.3 is 10.5 Å². The van der Waals surface area contributed by atoms with E-state index in [-0.39, 0.29) is 6.23 Å². The smallest absolute Gasteiger partial charge is 0.168 e. The number of hydrogen-bond donors (Lipinski definition) is 1. The summed E-state index contributed by atoms with van der Waals surface area (Å²) in [7, 11) is 1.60. The summed E-state index contributed by atoms with van der Waals surface area (Å²) >= 11 is 0. The summed E-state index contributed by atoms with van der Waals surface area (Å²) in [6.45, 7) is 1.88. The fourth-order valence-corrected chi connectivity index (χ4v) is 0.936. The first kappa shape index (κ1) is 7.44. The summed E-state index contributed by atoms with van der Waals surface area (Å²) in [5, 5.41) is 0. The molecule has 2 atom stereocenters. The van der Waals surface area contributed by atoms with E-state index in [0.717, 1.165) is 0 Å². The van der Waals surface area contributed by atoms with E-state index in [9.17, 15) is 0 Å². The molecule has 56 valence electrons. The largest absolute Gasteiger partial charge is 0.358 e. The van der Waals surface area contributed by atoms with Crippen molar-refractivity contribution in [2.45, 2.75) is 18.7 Å². The van der Waals surface area contributed by atoms with Crippen LogP contribution in [0.4, 0.5) is 0 Å². The van der Waals surface area contributed by atoms with Crippen molar-refractivity contribution < 1.29 is 4.74 Å². The van der Waals surface area contributed by atoms with E-state index < -0.39 is 5.54 Å². The first-order chi connectivity index (χ1) is 4.67. The van der Waals surface area contributed by atoms with Gasteiger partial charge in [-0.3, -0.25) is 4.99 Å². The maximum atomic E-state index is 5.81. The molecule has 0 saturated carbocycles. The minimum Gasteiger partial charge on any atom is -0.358 e. The van der Waals surface area contributed by atoms with Crippen LogP contribution in [-0.2, 0) is 4.74 Å². The van der Waals surface area contributed by atoms with Crippen molar-refractivity contribution in [2.75, 3.05) is 7.11 Å². The number of ether oxygens (including phenoxy) is 1. The molecule has 0 aromatic rings. The Kier molecular flexibility index (Phi) is 1.87. The zero-order chi connectivity index (χ0) is 7.61. The quantitative estimate of drug-likeness (QED) is 0.570. The summed E-state index contributed by atoms with van der Waals surface area (Å²) in [6.07, 6.45) is 5.17. The Hall–Kier alpha value is -0.670. The van der Waals surface area contributed by atoms with Crippen molar-refractivity contribution in [1.29, 1.82) is 0 Å². The molecule has 0 spiro atoms. The van der Waals surface area contributed by atoms with Crippen molar-refractivity contribution in [1.82, 2.24) is 0 Å². The molecule has 1 heterocycles. The number of hydrogen-bond acceptors (Lipinski definition) is 3. The maximum Gasteiger partial charge on any atom is 0.168 e. The molecule has 1 rings (SSSR count). The van der Waals surface area contributed by atoms with Crippen LogP contribution in [0.5, 0.6) is 0 Å². The normalized spacial score (nSPS) is 38.5. The fraction of sp³-hybridized carbons (Fsp3) is 0.571. The summed E-state index contributed by atoms with van der Waals surface area (Å²) in [5.41, 5.74) is 5.35. The number of methoxy groups -OCH3 is 1. The first-order valence-corrected chi connectivity index (χ1v) is 3.19. The van der Waals surface area contributed by atoms with Crippen LogP contribution in [0.2, 0.25) is 0 Å². The van der Waals surface area contributed by atoms with E-state index in [1.807, 2.05) is 19.1 Å². The minimum absolute atomic E-state index is 0.238. The highest BCUT2D eigenvalue weighted by molar-refractivity contribution is 5.73. The number of nitrogens with zero attached hydrogens (tertiary/aromatic N) is 1. The van der Waals surface area contributed by atoms with Crippen LogP contribution in [-0.4, -0.2) is 25.1 Å². The van der Waals surface area contributed by atoms with E-state index in [0.29, 0.717) is 0 Å². The van der Waals surface area contributed by atoms with Crippen LogP contribution in [0.25, 0.3) is 0 Å². The van der Waals surface area contributed by atoms with E-state index in [4.69, 9.17) is 10.5 Å². The van der Waals surface area contributed by atoms with Gasteiger partial charge in [-0.1, -0.05) is 6.08 Å². The van der Waals surface area contributed by atoms with Gasteiger partial charge in [-0.2, -0.15) is 0 Å². The molecule has 2 N–H and O–H groups in total. The standard InChI is InChI=1S/C7H12N2O/c1-7(8)4-3-5-9-6(7)10-2/h3-6H,8H2,1-2H3. The predicted molar refractivity (Wildman–Crippen MR) is 41.0 cm³/mol. The van der Waals surface area contributed by atoms with Crippen LogP contribution < -0.4 is 5.73 Å². The Morgan fingerprint density at radius 1 is 1.70 bits per heavy atom. The Morgan fingerprint density at radius 3 is 2.80 bits per heavy atom. The van der Waals surface area contributed by atoms with E-state index >= 15 is 0 Å². The number of nitrogens with two attached hydrogens (primary N) is 1. The lowest BCUT2D eigenvalue weighted by atomic mass is 10.00. The van der Waals surface area contributed by atoms with Gasteiger partial charge in [0.25, 0.3) is 0 Å². The second-order valence-electron chi connectivity index (χ2n) is 2.61. The third kappa shape index (κ3) is 1.25. The van der Waals surface area contributed by atoms with Crippen LogP contribution >= 0.6 is 0 Å². The molecule has 0 amide bonds. The second kappa shape index (κ2) is 2.52. The van der Waals surface area contributed by atoms with Gasteiger partial charge in [-0.05, 0) is 13.0 Å². The maximum absolute atomic E-state index is 5.81. The molecule has 0 saturated heterocycles. The van der Waals surface area contributed by atoms with Gasteiger partial charge in [-0.15, -0.1) is 0 Å². The summed E-state index contributed by atoms with van der Waals surface area (Å²) in [4.78, 5) is 4.04. The highest BCUT2D eigenvalue weighted by Crippen LogP contribution is 2.14. The van der Waals surface area contributed by atoms with Gasteiger partial charge in [0.1, 0.15) is 0 Å². The summed E-state index contributed by atoms with van der Waals surface area (Å²) < 4.78 is 5.03. The van der Waals surface area contributed by atoms with Gasteiger partial charge >= 0.3 is 0 Å². The van der Waals surface area contributed by atoms with Crippen molar-refractivity contribution in [2.24, 2.45) is 10.7 Å². The molecule has 3 nitrogen and oxygen atoms in total. The summed E-state index contributed by atoms with van der Waals surface area (Å²) in [6, 6.07) is 0. The molecule has 0 radical (unpaired) electrons. The lowest BCUT2D eigenvalue weighted by molar-refractivity contribution is 0.0671. The third-order valence-corrected chi connectivity index (χ3v) is 1.52. The van der Waals surface area contributed by atoms with Crippen molar-refractivity contribution in [3.8, 4) is 0 Å². The minimum atomic E-state index is -0.455. The van der Waals surface area contributed by atoms with Crippen LogP contribution in [0.15, 0.2) is 17.1 Å². The SMILES string of the molecule is COC1N=CC=CC1(C)N. The number of allylic oxidation sites excluding steroid dienone is 1. The fourth-order valence-electron chi connectivity index (χ4n) is 0.936. The lowest BCUT2D eigenvalue weighted by Gasteiger charge is -2.28. The number of rotatable bonds is 1.